The summed E-state index contributed by atoms with van der Waals surface area (Å²) in [6, 6.07) is 6.88. The molecule has 0 spiro atoms. The van der Waals surface area contributed by atoms with Crippen LogP contribution in [0.3, 0.4) is 0 Å². The molecule has 5 nitrogen and oxygen atoms in total. The summed E-state index contributed by atoms with van der Waals surface area (Å²) in [7, 11) is 0. The number of H-pyrrole nitrogens is 1. The lowest BCUT2D eigenvalue weighted by Crippen LogP contribution is -2.18. The van der Waals surface area contributed by atoms with Gasteiger partial charge in [-0.3, -0.25) is 0 Å². The molecule has 1 heterocycles. The SMILES string of the molecule is NCc1n[nH]c(=O)n1-c1ccc(Cl)cc1. The van der Waals surface area contributed by atoms with Crippen LogP contribution in [0, 0.1) is 0 Å². The number of halogens is 1. The van der Waals surface area contributed by atoms with Crippen molar-refractivity contribution in [2.45, 2.75) is 6.54 Å². The van der Waals surface area contributed by atoms with E-state index in [4.69, 9.17) is 17.3 Å². The Hall–Kier alpha value is -1.59. The third-order valence-corrected chi connectivity index (χ3v) is 2.26. The molecule has 1 aromatic carbocycles. The van der Waals surface area contributed by atoms with Gasteiger partial charge in [0.05, 0.1) is 12.2 Å². The van der Waals surface area contributed by atoms with E-state index in [1.165, 1.54) is 4.57 Å². The van der Waals surface area contributed by atoms with Gasteiger partial charge >= 0.3 is 5.69 Å². The van der Waals surface area contributed by atoms with Crippen molar-refractivity contribution in [3.8, 4) is 5.69 Å². The molecule has 0 bridgehead atoms. The number of nitrogens with two attached hydrogens (primary N) is 1. The lowest BCUT2D eigenvalue weighted by molar-refractivity contribution is 0.851. The van der Waals surface area contributed by atoms with Crippen LogP contribution in [-0.4, -0.2) is 14.8 Å². The summed E-state index contributed by atoms with van der Waals surface area (Å²) in [6.45, 7) is 0.196. The normalized spacial score (nSPS) is 10.5. The average Bonchev–Trinajstić information content (AvgIpc) is 2.61. The van der Waals surface area contributed by atoms with Crippen LogP contribution in [0.2, 0.25) is 5.02 Å². The van der Waals surface area contributed by atoms with Crippen LogP contribution in [0.5, 0.6) is 0 Å². The molecule has 78 valence electrons. The molecule has 3 N–H and O–H groups in total. The molecule has 1 aromatic heterocycles. The van der Waals surface area contributed by atoms with E-state index in [2.05, 4.69) is 10.2 Å². The van der Waals surface area contributed by atoms with Gasteiger partial charge in [0, 0.05) is 5.02 Å². The van der Waals surface area contributed by atoms with Crippen LogP contribution in [-0.2, 0) is 6.54 Å². The first-order valence-corrected chi connectivity index (χ1v) is 4.72. The molecule has 15 heavy (non-hydrogen) atoms. The smallest absolute Gasteiger partial charge is 0.324 e. The molecule has 0 saturated carbocycles. The highest BCUT2D eigenvalue weighted by Gasteiger charge is 2.07. The number of benzene rings is 1. The largest absolute Gasteiger partial charge is 0.347 e. The maximum atomic E-state index is 11.4. The molecule has 0 aliphatic carbocycles. The predicted octanol–water partition coefficient (Wildman–Crippen LogP) is 0.673. The molecule has 0 amide bonds. The second kappa shape index (κ2) is 3.88. The Balaban J connectivity index is 2.57. The van der Waals surface area contributed by atoms with Crippen LogP contribution in [0.15, 0.2) is 29.1 Å². The summed E-state index contributed by atoms with van der Waals surface area (Å²) >= 11 is 5.75. The Morgan fingerprint density at radius 2 is 2.07 bits per heavy atom. The molecule has 2 rings (SSSR count). The van der Waals surface area contributed by atoms with Crippen molar-refractivity contribution in [3.63, 3.8) is 0 Å². The van der Waals surface area contributed by atoms with Gasteiger partial charge in [0.15, 0.2) is 5.82 Å². The minimum Gasteiger partial charge on any atom is -0.324 e. The van der Waals surface area contributed by atoms with E-state index in [9.17, 15) is 4.79 Å². The first-order valence-electron chi connectivity index (χ1n) is 4.34. The van der Waals surface area contributed by atoms with Crippen LogP contribution >= 0.6 is 11.6 Å². The monoisotopic (exact) mass is 224 g/mol. The fourth-order valence-electron chi connectivity index (χ4n) is 1.32. The zero-order valence-electron chi connectivity index (χ0n) is 7.77. The predicted molar refractivity (Wildman–Crippen MR) is 57.1 cm³/mol. The van der Waals surface area contributed by atoms with Gasteiger partial charge in [-0.25, -0.2) is 14.5 Å². The number of nitrogens with zero attached hydrogens (tertiary/aromatic N) is 2. The Kier molecular flexibility index (Phi) is 2.57. The molecule has 0 fully saturated rings. The van der Waals surface area contributed by atoms with Gasteiger partial charge in [0.2, 0.25) is 0 Å². The van der Waals surface area contributed by atoms with Gasteiger partial charge in [0.1, 0.15) is 0 Å². The highest BCUT2D eigenvalue weighted by atomic mass is 35.5. The van der Waals surface area contributed by atoms with Crippen molar-refractivity contribution in [3.05, 3.63) is 45.6 Å². The average molecular weight is 225 g/mol. The van der Waals surface area contributed by atoms with Crippen LogP contribution in [0.4, 0.5) is 0 Å². The maximum Gasteiger partial charge on any atom is 0.347 e. The third kappa shape index (κ3) is 1.79. The molecule has 0 aliphatic rings. The number of aromatic nitrogens is 3. The van der Waals surface area contributed by atoms with E-state index in [1.54, 1.807) is 24.3 Å². The van der Waals surface area contributed by atoms with Gasteiger partial charge < -0.3 is 5.73 Å². The third-order valence-electron chi connectivity index (χ3n) is 2.01. The second-order valence-corrected chi connectivity index (χ2v) is 3.40. The summed E-state index contributed by atoms with van der Waals surface area (Å²) < 4.78 is 1.41. The Bertz CT molecular complexity index is 514. The fourth-order valence-corrected chi connectivity index (χ4v) is 1.45. The Labute approximate surface area is 90.5 Å². The minimum atomic E-state index is -0.308. The van der Waals surface area contributed by atoms with Gasteiger partial charge in [-0.15, -0.1) is 0 Å². The van der Waals surface area contributed by atoms with E-state index in [1.807, 2.05) is 0 Å². The van der Waals surface area contributed by atoms with E-state index >= 15 is 0 Å². The number of rotatable bonds is 2. The van der Waals surface area contributed by atoms with Crippen molar-refractivity contribution >= 4 is 11.6 Å². The van der Waals surface area contributed by atoms with Crippen molar-refractivity contribution < 1.29 is 0 Å². The molecular weight excluding hydrogens is 216 g/mol. The summed E-state index contributed by atoms with van der Waals surface area (Å²) in [6.07, 6.45) is 0. The number of aromatic amines is 1. The summed E-state index contributed by atoms with van der Waals surface area (Å²) in [5.74, 6) is 0.488. The maximum absolute atomic E-state index is 11.4. The fraction of sp³-hybridized carbons (Fsp3) is 0.111. The first kappa shape index (κ1) is 9.95. The van der Waals surface area contributed by atoms with E-state index in [0.717, 1.165) is 0 Å². The standard InChI is InChI=1S/C9H9ClN4O/c10-6-1-3-7(4-2-6)14-8(5-11)12-13-9(14)15/h1-4H,5,11H2,(H,13,15). The quantitative estimate of drug-likeness (QED) is 0.787. The highest BCUT2D eigenvalue weighted by molar-refractivity contribution is 6.30. The van der Waals surface area contributed by atoms with Gasteiger partial charge in [-0.05, 0) is 24.3 Å². The summed E-state index contributed by atoms with van der Waals surface area (Å²) in [5, 5.41) is 6.76. The van der Waals surface area contributed by atoms with Crippen LogP contribution in [0.25, 0.3) is 5.69 Å². The van der Waals surface area contributed by atoms with Gasteiger partial charge in [-0.2, -0.15) is 5.10 Å². The van der Waals surface area contributed by atoms with Gasteiger partial charge in [-0.1, -0.05) is 11.6 Å². The lowest BCUT2D eigenvalue weighted by Gasteiger charge is -2.03. The Morgan fingerprint density at radius 1 is 1.40 bits per heavy atom. The van der Waals surface area contributed by atoms with E-state index < -0.39 is 0 Å². The van der Waals surface area contributed by atoms with Crippen LogP contribution < -0.4 is 11.4 Å². The highest BCUT2D eigenvalue weighted by Crippen LogP contribution is 2.12. The van der Waals surface area contributed by atoms with Crippen molar-refractivity contribution in [2.75, 3.05) is 0 Å². The van der Waals surface area contributed by atoms with Crippen molar-refractivity contribution in [1.82, 2.24) is 14.8 Å². The molecule has 2 aromatic rings. The summed E-state index contributed by atoms with van der Waals surface area (Å²) in [4.78, 5) is 11.4. The molecule has 0 unspecified atom stereocenters. The minimum absolute atomic E-state index is 0.196. The van der Waals surface area contributed by atoms with Crippen LogP contribution in [0.1, 0.15) is 5.82 Å². The molecule has 0 saturated heterocycles. The lowest BCUT2D eigenvalue weighted by atomic mass is 10.3. The van der Waals surface area contributed by atoms with E-state index in [-0.39, 0.29) is 12.2 Å². The molecule has 0 atom stereocenters. The molecule has 0 aliphatic heterocycles. The summed E-state index contributed by atoms with van der Waals surface area (Å²) in [5.41, 5.74) is 5.85. The second-order valence-electron chi connectivity index (χ2n) is 2.96. The molecule has 0 radical (unpaired) electrons. The first-order chi connectivity index (χ1) is 7.22. The number of hydrogen-bond acceptors (Lipinski definition) is 3. The zero-order valence-corrected chi connectivity index (χ0v) is 8.53. The van der Waals surface area contributed by atoms with Crippen molar-refractivity contribution in [1.29, 1.82) is 0 Å². The van der Waals surface area contributed by atoms with E-state index in [0.29, 0.717) is 16.5 Å². The number of hydrogen-bond donors (Lipinski definition) is 2. The molecule has 6 heteroatoms. The topological polar surface area (TPSA) is 76.7 Å². The Morgan fingerprint density at radius 3 is 2.67 bits per heavy atom. The van der Waals surface area contributed by atoms with Gasteiger partial charge in [0.25, 0.3) is 0 Å². The zero-order chi connectivity index (χ0) is 10.8. The molecular formula is C9H9ClN4O. The number of nitrogens with one attached hydrogen (secondary N) is 1. The van der Waals surface area contributed by atoms with Crippen molar-refractivity contribution in [2.24, 2.45) is 5.73 Å².